The minimum Gasteiger partial charge on any atom is -0.371 e. The van der Waals surface area contributed by atoms with Crippen LogP contribution in [0.1, 0.15) is 18.7 Å². The van der Waals surface area contributed by atoms with E-state index in [1.54, 1.807) is 0 Å². The maximum atomic E-state index is 4.38. The lowest BCUT2D eigenvalue weighted by Crippen LogP contribution is -2.49. The summed E-state index contributed by atoms with van der Waals surface area (Å²) in [5.41, 5.74) is 2.19. The zero-order valence-electron chi connectivity index (χ0n) is 16.3. The van der Waals surface area contributed by atoms with E-state index in [1.807, 2.05) is 35.8 Å². The standard InChI is InChI=1S/C21H27N7/c1-22-21(23-13-10-20-26-25-19-9-5-6-14-28(19)20)24-17-11-15-27(16-12-17)18-7-3-2-4-8-18/h2-9,14,17H,10-13,15-16H2,1H3,(H2,22,23,24). The molecule has 3 aromatic rings. The van der Waals surface area contributed by atoms with Crippen LogP contribution in [0.3, 0.4) is 0 Å². The highest BCUT2D eigenvalue weighted by atomic mass is 15.3. The van der Waals surface area contributed by atoms with E-state index < -0.39 is 0 Å². The molecule has 1 fully saturated rings. The van der Waals surface area contributed by atoms with Gasteiger partial charge in [-0.1, -0.05) is 24.3 Å². The summed E-state index contributed by atoms with van der Waals surface area (Å²) in [6, 6.07) is 17.0. The van der Waals surface area contributed by atoms with E-state index in [4.69, 9.17) is 0 Å². The molecule has 3 heterocycles. The van der Waals surface area contributed by atoms with E-state index in [0.29, 0.717) is 6.04 Å². The van der Waals surface area contributed by atoms with Gasteiger partial charge >= 0.3 is 0 Å². The Balaban J connectivity index is 1.24. The molecule has 1 aromatic carbocycles. The Labute approximate surface area is 165 Å². The average Bonchev–Trinajstić information content (AvgIpc) is 3.17. The van der Waals surface area contributed by atoms with Crippen LogP contribution in [0.15, 0.2) is 59.7 Å². The molecule has 0 aliphatic carbocycles. The Hall–Kier alpha value is -3.09. The Morgan fingerprint density at radius 2 is 1.86 bits per heavy atom. The van der Waals surface area contributed by atoms with Crippen LogP contribution in [0.2, 0.25) is 0 Å². The number of guanidine groups is 1. The zero-order valence-corrected chi connectivity index (χ0v) is 16.3. The van der Waals surface area contributed by atoms with Gasteiger partial charge in [0.05, 0.1) is 0 Å². The summed E-state index contributed by atoms with van der Waals surface area (Å²) in [6.45, 7) is 2.88. The largest absolute Gasteiger partial charge is 0.371 e. The van der Waals surface area contributed by atoms with Crippen molar-refractivity contribution < 1.29 is 0 Å². The van der Waals surface area contributed by atoms with Gasteiger partial charge in [0, 0.05) is 51.0 Å². The quantitative estimate of drug-likeness (QED) is 0.526. The molecule has 1 aliphatic heterocycles. The van der Waals surface area contributed by atoms with E-state index in [-0.39, 0.29) is 0 Å². The zero-order chi connectivity index (χ0) is 19.2. The van der Waals surface area contributed by atoms with Crippen molar-refractivity contribution >= 4 is 17.3 Å². The summed E-state index contributed by atoms with van der Waals surface area (Å²) < 4.78 is 2.02. The maximum Gasteiger partial charge on any atom is 0.191 e. The molecule has 2 N–H and O–H groups in total. The maximum absolute atomic E-state index is 4.38. The van der Waals surface area contributed by atoms with Gasteiger partial charge < -0.3 is 15.5 Å². The van der Waals surface area contributed by atoms with E-state index in [9.17, 15) is 0 Å². The van der Waals surface area contributed by atoms with Crippen molar-refractivity contribution in [1.82, 2.24) is 25.2 Å². The van der Waals surface area contributed by atoms with Crippen molar-refractivity contribution in [3.8, 4) is 0 Å². The van der Waals surface area contributed by atoms with Gasteiger partial charge in [0.2, 0.25) is 0 Å². The predicted molar refractivity (Wildman–Crippen MR) is 113 cm³/mol. The molecule has 7 heteroatoms. The molecular weight excluding hydrogens is 350 g/mol. The first-order valence-corrected chi connectivity index (χ1v) is 9.89. The number of piperidine rings is 1. The monoisotopic (exact) mass is 377 g/mol. The molecule has 146 valence electrons. The molecule has 0 atom stereocenters. The van der Waals surface area contributed by atoms with Crippen molar-refractivity contribution in [3.05, 3.63) is 60.6 Å². The normalized spacial score (nSPS) is 15.8. The number of benzene rings is 1. The van der Waals surface area contributed by atoms with Gasteiger partial charge in [-0.3, -0.25) is 9.39 Å². The highest BCUT2D eigenvalue weighted by Crippen LogP contribution is 2.19. The smallest absolute Gasteiger partial charge is 0.191 e. The van der Waals surface area contributed by atoms with Gasteiger partial charge in [0.25, 0.3) is 0 Å². The van der Waals surface area contributed by atoms with Crippen molar-refractivity contribution in [2.45, 2.75) is 25.3 Å². The highest BCUT2D eigenvalue weighted by Gasteiger charge is 2.20. The Bertz CT molecular complexity index is 911. The summed E-state index contributed by atoms with van der Waals surface area (Å²) in [5.74, 6) is 1.81. The number of aliphatic imine (C=N–C) groups is 1. The van der Waals surface area contributed by atoms with Crippen LogP contribution in [-0.2, 0) is 6.42 Å². The first-order valence-electron chi connectivity index (χ1n) is 9.89. The third-order valence-corrected chi connectivity index (χ3v) is 5.21. The van der Waals surface area contributed by atoms with Gasteiger partial charge in [-0.2, -0.15) is 0 Å². The van der Waals surface area contributed by atoms with Crippen LogP contribution in [0.4, 0.5) is 5.69 Å². The Kier molecular flexibility index (Phi) is 5.70. The molecule has 1 saturated heterocycles. The first kappa shape index (κ1) is 18.3. The first-order chi connectivity index (χ1) is 13.8. The molecule has 4 rings (SSSR count). The lowest BCUT2D eigenvalue weighted by Gasteiger charge is -2.34. The number of pyridine rings is 1. The van der Waals surface area contributed by atoms with E-state index >= 15 is 0 Å². The van der Waals surface area contributed by atoms with Gasteiger partial charge in [-0.15, -0.1) is 10.2 Å². The van der Waals surface area contributed by atoms with Gasteiger partial charge in [-0.05, 0) is 37.1 Å². The van der Waals surface area contributed by atoms with Crippen LogP contribution in [0, 0.1) is 0 Å². The number of fused-ring (bicyclic) bond motifs is 1. The molecule has 0 saturated carbocycles. The molecule has 0 amide bonds. The molecule has 0 spiro atoms. The minimum absolute atomic E-state index is 0.445. The third-order valence-electron chi connectivity index (χ3n) is 5.21. The molecule has 7 nitrogen and oxygen atoms in total. The topological polar surface area (TPSA) is 69.8 Å². The van der Waals surface area contributed by atoms with Crippen molar-refractivity contribution in [1.29, 1.82) is 0 Å². The molecule has 2 aromatic heterocycles. The van der Waals surface area contributed by atoms with Gasteiger partial charge in [0.1, 0.15) is 5.82 Å². The van der Waals surface area contributed by atoms with Crippen LogP contribution < -0.4 is 15.5 Å². The number of rotatable bonds is 5. The second-order valence-corrected chi connectivity index (χ2v) is 7.04. The summed E-state index contributed by atoms with van der Waals surface area (Å²) in [5, 5.41) is 15.4. The number of hydrogen-bond acceptors (Lipinski definition) is 4. The van der Waals surface area contributed by atoms with E-state index in [1.165, 1.54) is 5.69 Å². The molecule has 0 radical (unpaired) electrons. The van der Waals surface area contributed by atoms with E-state index in [0.717, 1.165) is 56.3 Å². The fourth-order valence-corrected chi connectivity index (χ4v) is 3.66. The van der Waals surface area contributed by atoms with Crippen LogP contribution in [0.25, 0.3) is 5.65 Å². The summed E-state index contributed by atoms with van der Waals surface area (Å²) in [7, 11) is 1.82. The Morgan fingerprint density at radius 3 is 2.64 bits per heavy atom. The number of anilines is 1. The molecule has 0 bridgehead atoms. The van der Waals surface area contributed by atoms with Crippen LogP contribution in [0.5, 0.6) is 0 Å². The average molecular weight is 377 g/mol. The van der Waals surface area contributed by atoms with Crippen molar-refractivity contribution in [2.75, 3.05) is 31.6 Å². The van der Waals surface area contributed by atoms with Gasteiger partial charge in [-0.25, -0.2) is 0 Å². The minimum atomic E-state index is 0.445. The summed E-state index contributed by atoms with van der Waals surface area (Å²) in [4.78, 5) is 6.83. The summed E-state index contributed by atoms with van der Waals surface area (Å²) >= 11 is 0. The van der Waals surface area contributed by atoms with E-state index in [2.05, 4.69) is 61.1 Å². The number of aromatic nitrogens is 3. The second kappa shape index (κ2) is 8.73. The molecule has 0 unspecified atom stereocenters. The molecular formula is C21H27N7. The van der Waals surface area contributed by atoms with Crippen molar-refractivity contribution in [2.24, 2.45) is 4.99 Å². The van der Waals surface area contributed by atoms with Gasteiger partial charge in [0.15, 0.2) is 11.6 Å². The Morgan fingerprint density at radius 1 is 1.07 bits per heavy atom. The fraction of sp³-hybridized carbons (Fsp3) is 0.381. The molecule has 28 heavy (non-hydrogen) atoms. The SMILES string of the molecule is CN=C(NCCc1nnc2ccccn12)NC1CCN(c2ccccc2)CC1. The highest BCUT2D eigenvalue weighted by molar-refractivity contribution is 5.80. The lowest BCUT2D eigenvalue weighted by molar-refractivity contribution is 0.461. The fourth-order valence-electron chi connectivity index (χ4n) is 3.66. The second-order valence-electron chi connectivity index (χ2n) is 7.04. The number of nitrogens with one attached hydrogen (secondary N) is 2. The third kappa shape index (κ3) is 4.24. The number of hydrogen-bond donors (Lipinski definition) is 2. The lowest BCUT2D eigenvalue weighted by atomic mass is 10.0. The molecule has 1 aliphatic rings. The predicted octanol–water partition coefficient (Wildman–Crippen LogP) is 2.11. The number of para-hydroxylation sites is 1. The number of nitrogens with zero attached hydrogens (tertiary/aromatic N) is 5. The van der Waals surface area contributed by atoms with Crippen molar-refractivity contribution in [3.63, 3.8) is 0 Å². The van der Waals surface area contributed by atoms with Crippen LogP contribution in [-0.4, -0.2) is 53.3 Å². The van der Waals surface area contributed by atoms with Crippen LogP contribution >= 0.6 is 0 Å². The summed E-state index contributed by atoms with van der Waals surface area (Å²) in [6.07, 6.45) is 4.99.